The topological polar surface area (TPSA) is 162 Å². The second-order valence-corrected chi connectivity index (χ2v) is 12.7. The molecule has 1 aliphatic rings. The van der Waals surface area contributed by atoms with Gasteiger partial charge in [-0.25, -0.2) is 13.4 Å². The Morgan fingerprint density at radius 1 is 1.02 bits per heavy atom. The fraction of sp³-hybridized carbons (Fsp3) is 0.281. The molecule has 0 bridgehead atoms. The minimum absolute atomic E-state index is 0.0695. The van der Waals surface area contributed by atoms with Crippen LogP contribution >= 0.6 is 0 Å². The fourth-order valence-electron chi connectivity index (χ4n) is 4.91. The highest BCUT2D eigenvalue weighted by Gasteiger charge is 2.37. The van der Waals surface area contributed by atoms with Crippen LogP contribution in [0.3, 0.4) is 0 Å². The lowest BCUT2D eigenvalue weighted by Gasteiger charge is -2.30. The third kappa shape index (κ3) is 7.37. The van der Waals surface area contributed by atoms with Crippen molar-refractivity contribution in [1.29, 1.82) is 5.26 Å². The highest BCUT2D eigenvalue weighted by molar-refractivity contribution is 7.90. The number of nitrogens with zero attached hydrogens (tertiary/aromatic N) is 3. The summed E-state index contributed by atoms with van der Waals surface area (Å²) >= 11 is 0. The van der Waals surface area contributed by atoms with E-state index in [0.29, 0.717) is 37.0 Å². The van der Waals surface area contributed by atoms with Crippen LogP contribution in [0.25, 0.3) is 11.1 Å². The summed E-state index contributed by atoms with van der Waals surface area (Å²) in [6, 6.07) is 23.0. The third-order valence-electron chi connectivity index (χ3n) is 7.38. The predicted molar refractivity (Wildman–Crippen MR) is 162 cm³/mol. The average Bonchev–Trinajstić information content (AvgIpc) is 3.42. The molecular weight excluding hydrogens is 582 g/mol. The van der Waals surface area contributed by atoms with Gasteiger partial charge in [-0.2, -0.15) is 5.26 Å². The van der Waals surface area contributed by atoms with Gasteiger partial charge in [-0.05, 0) is 42.2 Å². The number of para-hydroxylation sites is 2. The van der Waals surface area contributed by atoms with Gasteiger partial charge in [0.1, 0.15) is 11.6 Å². The molecule has 0 spiro atoms. The maximum absolute atomic E-state index is 14.1. The summed E-state index contributed by atoms with van der Waals surface area (Å²) in [4.78, 5) is 46.0. The summed E-state index contributed by atoms with van der Waals surface area (Å²) in [5.41, 5.74) is 2.24. The molecule has 1 atom stereocenters. The molecule has 2 heterocycles. The van der Waals surface area contributed by atoms with E-state index < -0.39 is 51.0 Å². The van der Waals surface area contributed by atoms with Crippen molar-refractivity contribution >= 4 is 38.7 Å². The summed E-state index contributed by atoms with van der Waals surface area (Å²) in [6.07, 6.45) is 0.913. The maximum atomic E-state index is 14.1. The molecule has 1 saturated heterocycles. The summed E-state index contributed by atoms with van der Waals surface area (Å²) < 4.78 is 32.5. The van der Waals surface area contributed by atoms with E-state index in [9.17, 15) is 28.1 Å². The Hall–Kier alpha value is -4.86. The number of hydrogen-bond acceptors (Lipinski definition) is 9. The number of nitriles is 1. The SMILES string of the molecule is N#Cc1ccccc1CS(=O)(=O)CC(NC(=O)C1CNC1)C(=O)N(CCCc1ccccc1)C(=O)c1nc2ccccc2o1. The van der Waals surface area contributed by atoms with Gasteiger partial charge in [-0.15, -0.1) is 0 Å². The molecule has 1 unspecified atom stereocenters. The summed E-state index contributed by atoms with van der Waals surface area (Å²) in [7, 11) is -4.06. The second-order valence-electron chi connectivity index (χ2n) is 10.6. The van der Waals surface area contributed by atoms with E-state index in [1.807, 2.05) is 36.4 Å². The van der Waals surface area contributed by atoms with Gasteiger partial charge in [0.15, 0.2) is 15.4 Å². The number of sulfone groups is 1. The van der Waals surface area contributed by atoms with Gasteiger partial charge in [0.05, 0.1) is 29.1 Å². The summed E-state index contributed by atoms with van der Waals surface area (Å²) in [6.45, 7) is 0.704. The maximum Gasteiger partial charge on any atom is 0.316 e. The van der Waals surface area contributed by atoms with Gasteiger partial charge in [0.25, 0.3) is 11.8 Å². The molecule has 1 fully saturated rings. The average molecular weight is 614 g/mol. The number of fused-ring (bicyclic) bond motifs is 1. The first kappa shape index (κ1) is 30.6. The second kappa shape index (κ2) is 13.6. The summed E-state index contributed by atoms with van der Waals surface area (Å²) in [5.74, 6) is -4.26. The Morgan fingerprint density at radius 3 is 2.43 bits per heavy atom. The van der Waals surface area contributed by atoms with Crippen LogP contribution in [-0.4, -0.2) is 67.5 Å². The number of benzene rings is 3. The normalized spacial score (nSPS) is 13.9. The molecule has 4 aromatic rings. The van der Waals surface area contributed by atoms with Gasteiger partial charge >= 0.3 is 5.91 Å². The van der Waals surface area contributed by atoms with E-state index >= 15 is 0 Å². The number of nitrogens with one attached hydrogen (secondary N) is 2. The quantitative estimate of drug-likeness (QED) is 0.245. The van der Waals surface area contributed by atoms with Crippen molar-refractivity contribution in [3.8, 4) is 6.07 Å². The minimum atomic E-state index is -4.06. The van der Waals surface area contributed by atoms with Crippen LogP contribution in [0.2, 0.25) is 0 Å². The molecule has 44 heavy (non-hydrogen) atoms. The van der Waals surface area contributed by atoms with E-state index in [1.54, 1.807) is 36.4 Å². The van der Waals surface area contributed by atoms with Gasteiger partial charge in [-0.1, -0.05) is 60.7 Å². The van der Waals surface area contributed by atoms with E-state index in [2.05, 4.69) is 15.6 Å². The number of rotatable bonds is 12. The lowest BCUT2D eigenvalue weighted by Crippen LogP contribution is -2.58. The molecule has 0 saturated carbocycles. The number of imide groups is 1. The zero-order chi connectivity index (χ0) is 31.1. The molecule has 1 aliphatic heterocycles. The standard InChI is InChI=1S/C32H31N5O6S/c33-17-23-12-4-5-13-24(23)20-44(41,42)21-27(35-29(38)25-18-34-19-25)31(39)37(16-8-11-22-9-2-1-3-10-22)32(40)30-36-26-14-6-7-15-28(26)43-30/h1-7,9-10,12-15,25,27,34H,8,11,16,18-21H2,(H,35,38). The highest BCUT2D eigenvalue weighted by atomic mass is 32.2. The van der Waals surface area contributed by atoms with Crippen LogP contribution in [0.1, 0.15) is 33.8 Å². The number of aryl methyl sites for hydroxylation is 1. The van der Waals surface area contributed by atoms with Crippen LogP contribution in [0.4, 0.5) is 0 Å². The van der Waals surface area contributed by atoms with Crippen LogP contribution in [0.15, 0.2) is 83.3 Å². The molecular formula is C32H31N5O6S. The van der Waals surface area contributed by atoms with Gasteiger partial charge in [0.2, 0.25) is 5.91 Å². The molecule has 12 heteroatoms. The highest BCUT2D eigenvalue weighted by Crippen LogP contribution is 2.19. The molecule has 0 aliphatic carbocycles. The first-order valence-electron chi connectivity index (χ1n) is 14.2. The Morgan fingerprint density at radius 2 is 1.73 bits per heavy atom. The van der Waals surface area contributed by atoms with Crippen molar-refractivity contribution < 1.29 is 27.2 Å². The van der Waals surface area contributed by atoms with Crippen LogP contribution in [-0.2, 0) is 31.6 Å². The van der Waals surface area contributed by atoms with E-state index in [1.165, 1.54) is 12.1 Å². The van der Waals surface area contributed by atoms with Crippen LogP contribution in [0, 0.1) is 17.2 Å². The lowest BCUT2D eigenvalue weighted by molar-refractivity contribution is -0.135. The zero-order valence-electron chi connectivity index (χ0n) is 23.8. The number of aromatic nitrogens is 1. The molecule has 11 nitrogen and oxygen atoms in total. The number of carbonyl (C=O) groups excluding carboxylic acids is 3. The molecule has 5 rings (SSSR count). The third-order valence-corrected chi connectivity index (χ3v) is 8.97. The zero-order valence-corrected chi connectivity index (χ0v) is 24.6. The molecule has 226 valence electrons. The number of amides is 3. The monoisotopic (exact) mass is 613 g/mol. The van der Waals surface area contributed by atoms with E-state index in [4.69, 9.17) is 4.42 Å². The largest absolute Gasteiger partial charge is 0.432 e. The van der Waals surface area contributed by atoms with Gasteiger partial charge in [-0.3, -0.25) is 19.3 Å². The Bertz CT molecular complexity index is 1780. The molecule has 2 N–H and O–H groups in total. The van der Waals surface area contributed by atoms with Crippen molar-refractivity contribution in [2.45, 2.75) is 24.6 Å². The molecule has 1 aromatic heterocycles. The lowest BCUT2D eigenvalue weighted by atomic mass is 10.0. The van der Waals surface area contributed by atoms with Crippen molar-refractivity contribution in [2.75, 3.05) is 25.4 Å². The van der Waals surface area contributed by atoms with Crippen molar-refractivity contribution in [1.82, 2.24) is 20.5 Å². The Kier molecular flexibility index (Phi) is 9.47. The van der Waals surface area contributed by atoms with Gasteiger partial charge < -0.3 is 15.1 Å². The minimum Gasteiger partial charge on any atom is -0.432 e. The van der Waals surface area contributed by atoms with Crippen molar-refractivity contribution in [2.24, 2.45) is 5.92 Å². The first-order valence-corrected chi connectivity index (χ1v) is 16.0. The molecule has 3 aromatic carbocycles. The van der Waals surface area contributed by atoms with Gasteiger partial charge in [0, 0.05) is 19.6 Å². The molecule has 3 amide bonds. The summed E-state index contributed by atoms with van der Waals surface area (Å²) in [5, 5.41) is 15.0. The predicted octanol–water partition coefficient (Wildman–Crippen LogP) is 2.62. The molecule has 0 radical (unpaired) electrons. The van der Waals surface area contributed by atoms with Crippen LogP contribution in [0.5, 0.6) is 0 Å². The van der Waals surface area contributed by atoms with E-state index in [-0.39, 0.29) is 23.6 Å². The number of hydrogen-bond donors (Lipinski definition) is 2. The Balaban J connectivity index is 1.44. The first-order chi connectivity index (χ1) is 21.2. The smallest absolute Gasteiger partial charge is 0.316 e. The number of carbonyl (C=O) groups is 3. The van der Waals surface area contributed by atoms with Crippen LogP contribution < -0.4 is 10.6 Å². The Labute approximate surface area is 254 Å². The number of oxazole rings is 1. The van der Waals surface area contributed by atoms with E-state index in [0.717, 1.165) is 10.5 Å². The van der Waals surface area contributed by atoms with Crippen molar-refractivity contribution in [3.63, 3.8) is 0 Å². The van der Waals surface area contributed by atoms with Crippen molar-refractivity contribution in [3.05, 3.63) is 101 Å². The fourth-order valence-corrected chi connectivity index (χ4v) is 6.49.